The van der Waals surface area contributed by atoms with E-state index in [1.807, 2.05) is 0 Å². The Morgan fingerprint density at radius 1 is 1.22 bits per heavy atom. The van der Waals surface area contributed by atoms with E-state index in [-0.39, 0.29) is 15.5 Å². The van der Waals surface area contributed by atoms with Crippen molar-refractivity contribution in [1.82, 2.24) is 0 Å². The Kier molecular flexibility index (Phi) is 4.67. The minimum atomic E-state index is -0.698. The number of carbonyl (C=O) groups excluding carboxylic acids is 3. The van der Waals surface area contributed by atoms with Crippen LogP contribution >= 0.6 is 11.3 Å². The average Bonchev–Trinajstić information content (AvgIpc) is 2.78. The van der Waals surface area contributed by atoms with Crippen molar-refractivity contribution in [2.45, 2.75) is 0 Å². The fourth-order valence-corrected chi connectivity index (χ4v) is 2.00. The van der Waals surface area contributed by atoms with Gasteiger partial charge in [0.2, 0.25) is 0 Å². The molecule has 98 valence electrons. The maximum absolute atomic E-state index is 11.4. The first-order chi connectivity index (χ1) is 8.49. The quantitative estimate of drug-likeness (QED) is 0.767. The van der Waals surface area contributed by atoms with Gasteiger partial charge in [-0.15, -0.1) is 11.3 Å². The topological polar surface area (TPSA) is 105 Å². The number of hydrogen-bond acceptors (Lipinski definition) is 7. The highest BCUT2D eigenvalue weighted by atomic mass is 32.1. The van der Waals surface area contributed by atoms with E-state index in [0.717, 1.165) is 11.3 Å². The summed E-state index contributed by atoms with van der Waals surface area (Å²) in [7, 11) is 2.40. The molecule has 8 heteroatoms. The molecule has 0 atom stereocenters. The second-order valence-corrected chi connectivity index (χ2v) is 4.09. The normalized spacial score (nSPS) is 9.67. The van der Waals surface area contributed by atoms with Crippen molar-refractivity contribution < 1.29 is 28.6 Å². The third kappa shape index (κ3) is 3.20. The summed E-state index contributed by atoms with van der Waals surface area (Å²) in [6, 6.07) is 1.30. The molecule has 18 heavy (non-hydrogen) atoms. The lowest BCUT2D eigenvalue weighted by molar-refractivity contribution is -0.119. The highest BCUT2D eigenvalue weighted by Gasteiger charge is 2.22. The standard InChI is InChI=1S/C10H11NO6S/c1-15-9(13)6-3-5(17-4-7(11)12)8(18-6)10(14)16-2/h3H,4H2,1-2H3,(H2,11,12). The Hall–Kier alpha value is -2.09. The van der Waals surface area contributed by atoms with Gasteiger partial charge >= 0.3 is 11.9 Å². The van der Waals surface area contributed by atoms with Gasteiger partial charge in [0.05, 0.1) is 14.2 Å². The van der Waals surface area contributed by atoms with Crippen LogP contribution in [0.5, 0.6) is 5.75 Å². The molecule has 1 heterocycles. The molecule has 0 aliphatic rings. The molecule has 0 aromatic carbocycles. The Balaban J connectivity index is 3.04. The predicted molar refractivity (Wildman–Crippen MR) is 61.7 cm³/mol. The predicted octanol–water partition coefficient (Wildman–Crippen LogP) is 0.185. The van der Waals surface area contributed by atoms with E-state index < -0.39 is 24.5 Å². The first kappa shape index (κ1) is 14.0. The van der Waals surface area contributed by atoms with Crippen LogP contribution in [0.4, 0.5) is 0 Å². The van der Waals surface area contributed by atoms with E-state index in [2.05, 4.69) is 9.47 Å². The van der Waals surface area contributed by atoms with Crippen LogP contribution in [0.25, 0.3) is 0 Å². The van der Waals surface area contributed by atoms with E-state index in [0.29, 0.717) is 0 Å². The van der Waals surface area contributed by atoms with Crippen molar-refractivity contribution in [2.24, 2.45) is 5.73 Å². The molecule has 0 saturated carbocycles. The SMILES string of the molecule is COC(=O)c1cc(OCC(N)=O)c(C(=O)OC)s1. The lowest BCUT2D eigenvalue weighted by atomic mass is 10.4. The molecule has 1 aromatic heterocycles. The van der Waals surface area contributed by atoms with Gasteiger partial charge < -0.3 is 19.9 Å². The maximum Gasteiger partial charge on any atom is 0.351 e. The van der Waals surface area contributed by atoms with E-state index in [1.54, 1.807) is 0 Å². The van der Waals surface area contributed by atoms with Crippen molar-refractivity contribution >= 4 is 29.2 Å². The number of methoxy groups -OCH3 is 2. The molecule has 0 saturated heterocycles. The molecule has 0 unspecified atom stereocenters. The zero-order valence-corrected chi connectivity index (χ0v) is 10.5. The summed E-state index contributed by atoms with van der Waals surface area (Å²) in [5.41, 5.74) is 4.92. The van der Waals surface area contributed by atoms with Crippen LogP contribution in [0.3, 0.4) is 0 Å². The second kappa shape index (κ2) is 6.01. The van der Waals surface area contributed by atoms with Gasteiger partial charge in [0.25, 0.3) is 5.91 Å². The molecular formula is C10H11NO6S. The van der Waals surface area contributed by atoms with Crippen LogP contribution < -0.4 is 10.5 Å². The first-order valence-electron chi connectivity index (χ1n) is 4.71. The van der Waals surface area contributed by atoms with Crippen molar-refractivity contribution in [3.05, 3.63) is 15.8 Å². The summed E-state index contributed by atoms with van der Waals surface area (Å²) in [6.07, 6.45) is 0. The summed E-state index contributed by atoms with van der Waals surface area (Å²) < 4.78 is 14.1. The molecule has 0 aliphatic carbocycles. The number of nitrogens with two attached hydrogens (primary N) is 1. The van der Waals surface area contributed by atoms with Gasteiger partial charge in [0, 0.05) is 6.07 Å². The molecule has 2 N–H and O–H groups in total. The largest absolute Gasteiger partial charge is 0.482 e. The number of primary amides is 1. The highest BCUT2D eigenvalue weighted by molar-refractivity contribution is 7.16. The number of rotatable bonds is 5. The zero-order valence-electron chi connectivity index (χ0n) is 9.72. The number of esters is 2. The van der Waals surface area contributed by atoms with Crippen molar-refractivity contribution in [3.63, 3.8) is 0 Å². The van der Waals surface area contributed by atoms with Gasteiger partial charge in [-0.1, -0.05) is 0 Å². The third-order valence-corrected chi connectivity index (χ3v) is 2.90. The minimum Gasteiger partial charge on any atom is -0.482 e. The second-order valence-electron chi connectivity index (χ2n) is 3.04. The highest BCUT2D eigenvalue weighted by Crippen LogP contribution is 2.30. The Morgan fingerprint density at radius 3 is 2.33 bits per heavy atom. The molecule has 0 spiro atoms. The third-order valence-electron chi connectivity index (χ3n) is 1.83. The van der Waals surface area contributed by atoms with Crippen LogP contribution in [0.15, 0.2) is 6.07 Å². The molecule has 0 fully saturated rings. The number of amides is 1. The maximum atomic E-state index is 11.4. The molecule has 1 aromatic rings. The van der Waals surface area contributed by atoms with Crippen LogP contribution in [0.2, 0.25) is 0 Å². The monoisotopic (exact) mass is 273 g/mol. The smallest absolute Gasteiger partial charge is 0.351 e. The lowest BCUT2D eigenvalue weighted by Gasteiger charge is -2.02. The van der Waals surface area contributed by atoms with Gasteiger partial charge in [-0.05, 0) is 0 Å². The van der Waals surface area contributed by atoms with Gasteiger partial charge in [-0.25, -0.2) is 9.59 Å². The Labute approximate surface area is 106 Å². The minimum absolute atomic E-state index is 0.0612. The zero-order chi connectivity index (χ0) is 13.7. The molecule has 1 amide bonds. The van der Waals surface area contributed by atoms with Gasteiger partial charge in [-0.2, -0.15) is 0 Å². The molecule has 0 bridgehead atoms. The van der Waals surface area contributed by atoms with Crippen LogP contribution in [-0.2, 0) is 14.3 Å². The van der Waals surface area contributed by atoms with E-state index >= 15 is 0 Å². The van der Waals surface area contributed by atoms with Crippen molar-refractivity contribution in [1.29, 1.82) is 0 Å². The Bertz CT molecular complexity index is 481. The summed E-state index contributed by atoms with van der Waals surface area (Å²) in [5, 5.41) is 0. The molecule has 7 nitrogen and oxygen atoms in total. The average molecular weight is 273 g/mol. The van der Waals surface area contributed by atoms with E-state index in [4.69, 9.17) is 10.5 Å². The van der Waals surface area contributed by atoms with Gasteiger partial charge in [0.15, 0.2) is 11.5 Å². The van der Waals surface area contributed by atoms with Crippen molar-refractivity contribution in [2.75, 3.05) is 20.8 Å². The number of ether oxygens (including phenoxy) is 3. The fraction of sp³-hybridized carbons (Fsp3) is 0.300. The van der Waals surface area contributed by atoms with Crippen molar-refractivity contribution in [3.8, 4) is 5.75 Å². The van der Waals surface area contributed by atoms with Crippen LogP contribution in [-0.4, -0.2) is 38.7 Å². The molecule has 0 aliphatic heterocycles. The van der Waals surface area contributed by atoms with Crippen LogP contribution in [0, 0.1) is 0 Å². The molecule has 0 radical (unpaired) electrons. The first-order valence-corrected chi connectivity index (χ1v) is 5.52. The fourth-order valence-electron chi connectivity index (χ4n) is 1.07. The summed E-state index contributed by atoms with van der Waals surface area (Å²) in [4.78, 5) is 33.6. The Morgan fingerprint density at radius 2 is 1.83 bits per heavy atom. The van der Waals surface area contributed by atoms with Gasteiger partial charge in [0.1, 0.15) is 10.6 Å². The van der Waals surface area contributed by atoms with E-state index in [9.17, 15) is 14.4 Å². The summed E-state index contributed by atoms with van der Waals surface area (Å²) >= 11 is 0.850. The number of thiophene rings is 1. The summed E-state index contributed by atoms with van der Waals surface area (Å²) in [6.45, 7) is -0.401. The lowest BCUT2D eigenvalue weighted by Crippen LogP contribution is -2.20. The molecule has 1 rings (SSSR count). The van der Waals surface area contributed by atoms with Crippen LogP contribution in [0.1, 0.15) is 19.3 Å². The molecular weight excluding hydrogens is 262 g/mol. The number of carbonyl (C=O) groups is 3. The number of hydrogen-bond donors (Lipinski definition) is 1. The van der Waals surface area contributed by atoms with E-state index in [1.165, 1.54) is 20.3 Å². The summed E-state index contributed by atoms with van der Waals surface area (Å²) in [5.74, 6) is -1.92. The van der Waals surface area contributed by atoms with Gasteiger partial charge in [-0.3, -0.25) is 4.79 Å².